The summed E-state index contributed by atoms with van der Waals surface area (Å²) in [5.74, 6) is -3.71. The lowest BCUT2D eigenvalue weighted by atomic mass is 10.2. The second kappa shape index (κ2) is 8.86. The van der Waals surface area contributed by atoms with E-state index in [1.165, 1.54) is 17.0 Å². The third-order valence-electron chi connectivity index (χ3n) is 4.38. The molecule has 1 N–H and O–H groups in total. The first-order chi connectivity index (χ1) is 15.7. The maximum absolute atomic E-state index is 14.2. The van der Waals surface area contributed by atoms with Gasteiger partial charge in [-0.3, -0.25) is 9.48 Å². The third-order valence-corrected chi connectivity index (χ3v) is 5.17. The van der Waals surface area contributed by atoms with Crippen LogP contribution >= 0.6 is 0 Å². The SMILES string of the molecule is CS(=O)(=O)CC(=O)Nc1nc(-c2cc(-c3ccon3)n(Cc3ccccc3F)n2)ncc1F. The number of amides is 1. The largest absolute Gasteiger partial charge is 0.364 e. The van der Waals surface area contributed by atoms with Crippen molar-refractivity contribution >= 4 is 21.6 Å². The van der Waals surface area contributed by atoms with Crippen LogP contribution in [0.1, 0.15) is 5.56 Å². The topological polar surface area (TPSA) is 133 Å². The Morgan fingerprint density at radius 3 is 2.64 bits per heavy atom. The fourth-order valence-electron chi connectivity index (χ4n) is 2.97. The number of benzene rings is 1. The van der Waals surface area contributed by atoms with Gasteiger partial charge >= 0.3 is 0 Å². The van der Waals surface area contributed by atoms with Gasteiger partial charge in [0.25, 0.3) is 0 Å². The molecule has 0 fully saturated rings. The average molecular weight is 474 g/mol. The van der Waals surface area contributed by atoms with E-state index < -0.39 is 38.9 Å². The second-order valence-corrected chi connectivity index (χ2v) is 9.20. The first-order valence-corrected chi connectivity index (χ1v) is 11.5. The highest BCUT2D eigenvalue weighted by Crippen LogP contribution is 2.26. The Morgan fingerprint density at radius 1 is 1.15 bits per heavy atom. The standard InChI is InChI=1S/C20H16F2N6O4S/c1-33(30,31)11-18(29)24-19-14(22)9-23-20(25-19)16-8-17(15-6-7-32-27-15)28(26-16)10-12-4-2-3-5-13(12)21/h2-9H,10-11H2,1H3,(H,23,24,25,29). The minimum absolute atomic E-state index is 0.0496. The molecule has 0 radical (unpaired) electrons. The Hall–Kier alpha value is -4.00. The predicted octanol–water partition coefficient (Wildman–Crippen LogP) is 2.30. The van der Waals surface area contributed by atoms with E-state index in [4.69, 9.17) is 4.52 Å². The lowest BCUT2D eigenvalue weighted by Gasteiger charge is -2.07. The van der Waals surface area contributed by atoms with Crippen molar-refractivity contribution in [2.75, 3.05) is 17.3 Å². The zero-order chi connectivity index (χ0) is 23.6. The lowest BCUT2D eigenvalue weighted by Crippen LogP contribution is -2.23. The summed E-state index contributed by atoms with van der Waals surface area (Å²) >= 11 is 0. The molecule has 0 aliphatic heterocycles. The van der Waals surface area contributed by atoms with Crippen LogP contribution in [0, 0.1) is 11.6 Å². The number of carbonyl (C=O) groups excluding carboxylic acids is 1. The number of anilines is 1. The Bertz CT molecular complexity index is 1420. The van der Waals surface area contributed by atoms with Crippen LogP contribution in [0.15, 0.2) is 53.4 Å². The van der Waals surface area contributed by atoms with E-state index in [-0.39, 0.29) is 18.1 Å². The van der Waals surface area contributed by atoms with Crippen molar-refractivity contribution < 1.29 is 26.5 Å². The fraction of sp³-hybridized carbons (Fsp3) is 0.150. The molecule has 0 bridgehead atoms. The molecule has 1 amide bonds. The number of carbonyl (C=O) groups is 1. The number of sulfone groups is 1. The van der Waals surface area contributed by atoms with Gasteiger partial charge in [-0.2, -0.15) is 5.10 Å². The molecule has 170 valence electrons. The van der Waals surface area contributed by atoms with E-state index in [1.807, 2.05) is 0 Å². The summed E-state index contributed by atoms with van der Waals surface area (Å²) in [6.07, 6.45) is 3.06. The molecular formula is C20H16F2N6O4S. The van der Waals surface area contributed by atoms with Gasteiger partial charge in [0, 0.05) is 17.9 Å². The minimum Gasteiger partial charge on any atom is -0.364 e. The summed E-state index contributed by atoms with van der Waals surface area (Å²) in [7, 11) is -3.62. The van der Waals surface area contributed by atoms with Crippen molar-refractivity contribution in [3.63, 3.8) is 0 Å². The molecule has 1 aromatic carbocycles. The molecule has 3 aromatic heterocycles. The normalized spacial score (nSPS) is 11.5. The first kappa shape index (κ1) is 22.2. The van der Waals surface area contributed by atoms with Gasteiger partial charge in [0.2, 0.25) is 5.91 Å². The van der Waals surface area contributed by atoms with Gasteiger partial charge in [0.15, 0.2) is 27.3 Å². The van der Waals surface area contributed by atoms with E-state index in [9.17, 15) is 22.0 Å². The smallest absolute Gasteiger partial charge is 0.240 e. The molecule has 0 aliphatic carbocycles. The molecule has 0 saturated heterocycles. The van der Waals surface area contributed by atoms with Crippen LogP contribution in [0.2, 0.25) is 0 Å². The molecule has 0 atom stereocenters. The summed E-state index contributed by atoms with van der Waals surface area (Å²) in [5.41, 5.74) is 1.42. The highest BCUT2D eigenvalue weighted by atomic mass is 32.2. The maximum Gasteiger partial charge on any atom is 0.240 e. The van der Waals surface area contributed by atoms with Gasteiger partial charge in [0.1, 0.15) is 29.2 Å². The van der Waals surface area contributed by atoms with Crippen LogP contribution in [-0.2, 0) is 21.2 Å². The molecule has 3 heterocycles. The van der Waals surface area contributed by atoms with E-state index in [1.54, 1.807) is 30.3 Å². The van der Waals surface area contributed by atoms with Crippen LogP contribution in [-0.4, -0.2) is 51.2 Å². The molecule has 0 spiro atoms. The molecule has 4 aromatic rings. The van der Waals surface area contributed by atoms with Crippen LogP contribution in [0.25, 0.3) is 22.9 Å². The van der Waals surface area contributed by atoms with Gasteiger partial charge in [-0.25, -0.2) is 27.2 Å². The van der Waals surface area contributed by atoms with Gasteiger partial charge in [0.05, 0.1) is 18.4 Å². The molecule has 33 heavy (non-hydrogen) atoms. The molecular weight excluding hydrogens is 458 g/mol. The molecule has 0 saturated carbocycles. The van der Waals surface area contributed by atoms with Crippen molar-refractivity contribution in [1.29, 1.82) is 0 Å². The second-order valence-electron chi connectivity index (χ2n) is 7.06. The number of aromatic nitrogens is 5. The lowest BCUT2D eigenvalue weighted by molar-refractivity contribution is -0.113. The zero-order valence-electron chi connectivity index (χ0n) is 17.1. The Kier molecular flexibility index (Phi) is 5.96. The Morgan fingerprint density at radius 2 is 1.94 bits per heavy atom. The molecule has 4 rings (SSSR count). The number of nitrogens with one attached hydrogen (secondary N) is 1. The maximum atomic E-state index is 14.2. The highest BCUT2D eigenvalue weighted by molar-refractivity contribution is 7.91. The number of hydrogen-bond acceptors (Lipinski definition) is 8. The van der Waals surface area contributed by atoms with Gasteiger partial charge in [-0.1, -0.05) is 23.4 Å². The van der Waals surface area contributed by atoms with Gasteiger partial charge in [-0.05, 0) is 12.1 Å². The summed E-state index contributed by atoms with van der Waals surface area (Å²) < 4.78 is 57.3. The minimum atomic E-state index is -3.62. The van der Waals surface area contributed by atoms with Crippen molar-refractivity contribution in [2.45, 2.75) is 6.54 Å². The highest BCUT2D eigenvalue weighted by Gasteiger charge is 2.19. The first-order valence-electron chi connectivity index (χ1n) is 9.42. The summed E-state index contributed by atoms with van der Waals surface area (Å²) in [6.45, 7) is 0.0496. The van der Waals surface area contributed by atoms with Crippen molar-refractivity contribution in [1.82, 2.24) is 24.9 Å². The van der Waals surface area contributed by atoms with E-state index in [2.05, 4.69) is 25.5 Å². The third kappa shape index (κ3) is 5.26. The van der Waals surface area contributed by atoms with Crippen LogP contribution in [0.3, 0.4) is 0 Å². The molecule has 10 nitrogen and oxygen atoms in total. The molecule has 0 unspecified atom stereocenters. The van der Waals surface area contributed by atoms with E-state index >= 15 is 0 Å². The van der Waals surface area contributed by atoms with Crippen molar-refractivity contribution in [3.05, 3.63) is 66.1 Å². The Labute approximate surface area is 186 Å². The number of hydrogen-bond donors (Lipinski definition) is 1. The summed E-state index contributed by atoms with van der Waals surface area (Å²) in [5, 5.41) is 10.4. The van der Waals surface area contributed by atoms with Gasteiger partial charge in [-0.15, -0.1) is 0 Å². The number of rotatable bonds is 7. The number of nitrogens with zero attached hydrogens (tertiary/aromatic N) is 5. The fourth-order valence-corrected chi connectivity index (χ4v) is 3.52. The van der Waals surface area contributed by atoms with E-state index in [0.29, 0.717) is 17.0 Å². The molecule has 0 aliphatic rings. The number of halogens is 2. The predicted molar refractivity (Wildman–Crippen MR) is 113 cm³/mol. The average Bonchev–Trinajstić information content (AvgIpc) is 3.40. The Balaban J connectivity index is 1.71. The van der Waals surface area contributed by atoms with Crippen molar-refractivity contribution in [3.8, 4) is 22.9 Å². The van der Waals surface area contributed by atoms with Gasteiger partial charge < -0.3 is 9.84 Å². The quantitative estimate of drug-likeness (QED) is 0.431. The van der Waals surface area contributed by atoms with Crippen LogP contribution in [0.4, 0.5) is 14.6 Å². The van der Waals surface area contributed by atoms with Crippen LogP contribution < -0.4 is 5.32 Å². The summed E-state index contributed by atoms with van der Waals surface area (Å²) in [4.78, 5) is 19.8. The summed E-state index contributed by atoms with van der Waals surface area (Å²) in [6, 6.07) is 9.32. The zero-order valence-corrected chi connectivity index (χ0v) is 17.9. The molecule has 13 heteroatoms. The monoisotopic (exact) mass is 474 g/mol. The van der Waals surface area contributed by atoms with Crippen molar-refractivity contribution in [2.24, 2.45) is 0 Å². The van der Waals surface area contributed by atoms with Crippen LogP contribution in [0.5, 0.6) is 0 Å². The van der Waals surface area contributed by atoms with E-state index in [0.717, 1.165) is 12.5 Å².